The summed E-state index contributed by atoms with van der Waals surface area (Å²) in [5.74, 6) is 0. The van der Waals surface area contributed by atoms with Crippen LogP contribution in [0.2, 0.25) is 0 Å². The summed E-state index contributed by atoms with van der Waals surface area (Å²) in [6, 6.07) is 4.04. The summed E-state index contributed by atoms with van der Waals surface area (Å²) < 4.78 is 2.09. The van der Waals surface area contributed by atoms with Crippen molar-refractivity contribution in [1.82, 2.24) is 20.1 Å². The second-order valence-electron chi connectivity index (χ2n) is 5.20. The average Bonchev–Trinajstić information content (AvgIpc) is 2.90. The molecule has 0 radical (unpaired) electrons. The number of rotatable bonds is 8. The van der Waals surface area contributed by atoms with E-state index in [0.717, 1.165) is 38.0 Å². The molecule has 0 unspecified atom stereocenters. The number of hydrogen-bond donors (Lipinski definition) is 1. The van der Waals surface area contributed by atoms with Gasteiger partial charge in [-0.15, -0.1) is 0 Å². The van der Waals surface area contributed by atoms with E-state index in [1.165, 1.54) is 23.4 Å². The zero-order valence-corrected chi connectivity index (χ0v) is 13.4. The van der Waals surface area contributed by atoms with Crippen LogP contribution in [0.15, 0.2) is 24.5 Å². The van der Waals surface area contributed by atoms with Gasteiger partial charge in [-0.25, -0.2) is 4.68 Å². The van der Waals surface area contributed by atoms with Crippen LogP contribution in [-0.4, -0.2) is 27.9 Å². The van der Waals surface area contributed by atoms with E-state index < -0.39 is 0 Å². The number of nitrogens with zero attached hydrogens (tertiary/aromatic N) is 3. The minimum Gasteiger partial charge on any atom is -0.316 e. The second-order valence-corrected chi connectivity index (χ2v) is 5.20. The lowest BCUT2D eigenvalue weighted by Crippen LogP contribution is -2.18. The zero-order chi connectivity index (χ0) is 15.1. The highest BCUT2D eigenvalue weighted by molar-refractivity contribution is 5.37. The van der Waals surface area contributed by atoms with Gasteiger partial charge in [-0.2, -0.15) is 5.10 Å². The van der Waals surface area contributed by atoms with E-state index in [1.807, 2.05) is 24.5 Å². The third-order valence-corrected chi connectivity index (χ3v) is 3.73. The molecular formula is C17H26N4. The number of aromatic nitrogens is 3. The molecule has 0 atom stereocenters. The first-order valence-corrected chi connectivity index (χ1v) is 8.02. The summed E-state index contributed by atoms with van der Waals surface area (Å²) in [7, 11) is 0. The van der Waals surface area contributed by atoms with Crippen molar-refractivity contribution in [2.24, 2.45) is 0 Å². The minimum atomic E-state index is 0.980. The Hall–Kier alpha value is -1.68. The summed E-state index contributed by atoms with van der Waals surface area (Å²) in [5, 5.41) is 8.32. The van der Waals surface area contributed by atoms with Gasteiger partial charge in [-0.3, -0.25) is 4.98 Å². The van der Waals surface area contributed by atoms with Gasteiger partial charge in [0.15, 0.2) is 0 Å². The molecule has 0 fully saturated rings. The van der Waals surface area contributed by atoms with Crippen molar-refractivity contribution in [2.75, 3.05) is 13.1 Å². The van der Waals surface area contributed by atoms with Gasteiger partial charge in [0, 0.05) is 18.1 Å². The molecule has 2 heterocycles. The highest BCUT2D eigenvalue weighted by Gasteiger charge is 2.15. The molecule has 0 aromatic carbocycles. The Morgan fingerprint density at radius 3 is 2.43 bits per heavy atom. The van der Waals surface area contributed by atoms with Gasteiger partial charge in [-0.1, -0.05) is 20.8 Å². The molecule has 4 heteroatoms. The van der Waals surface area contributed by atoms with Crippen LogP contribution in [-0.2, 0) is 19.3 Å². The molecule has 4 nitrogen and oxygen atoms in total. The van der Waals surface area contributed by atoms with Crippen molar-refractivity contribution in [3.63, 3.8) is 0 Å². The summed E-state index contributed by atoms with van der Waals surface area (Å²) in [6.07, 6.45) is 7.86. The summed E-state index contributed by atoms with van der Waals surface area (Å²) in [4.78, 5) is 4.09. The molecule has 0 spiro atoms. The van der Waals surface area contributed by atoms with Crippen molar-refractivity contribution >= 4 is 0 Å². The molecule has 0 bridgehead atoms. The fraction of sp³-hybridized carbons (Fsp3) is 0.529. The molecular weight excluding hydrogens is 260 g/mol. The lowest BCUT2D eigenvalue weighted by molar-refractivity contribution is 0.667. The van der Waals surface area contributed by atoms with Crippen LogP contribution in [0.25, 0.3) is 5.69 Å². The fourth-order valence-corrected chi connectivity index (χ4v) is 2.69. The maximum absolute atomic E-state index is 4.83. The van der Waals surface area contributed by atoms with Gasteiger partial charge in [0.1, 0.15) is 0 Å². The molecule has 2 aromatic rings. The van der Waals surface area contributed by atoms with Gasteiger partial charge < -0.3 is 5.32 Å². The Bertz CT molecular complexity index is 545. The van der Waals surface area contributed by atoms with Crippen LogP contribution < -0.4 is 5.32 Å². The molecule has 1 N–H and O–H groups in total. The Labute approximate surface area is 127 Å². The lowest BCUT2D eigenvalue weighted by Gasteiger charge is -2.08. The van der Waals surface area contributed by atoms with Crippen molar-refractivity contribution in [3.8, 4) is 5.69 Å². The van der Waals surface area contributed by atoms with Crippen molar-refractivity contribution < 1.29 is 0 Å². The first-order chi connectivity index (χ1) is 10.3. The highest BCUT2D eigenvalue weighted by atomic mass is 15.3. The van der Waals surface area contributed by atoms with Crippen molar-refractivity contribution in [3.05, 3.63) is 41.5 Å². The molecule has 0 aliphatic heterocycles. The van der Waals surface area contributed by atoms with Crippen molar-refractivity contribution in [1.29, 1.82) is 0 Å². The maximum atomic E-state index is 4.83. The monoisotopic (exact) mass is 286 g/mol. The minimum absolute atomic E-state index is 0.980. The van der Waals surface area contributed by atoms with E-state index in [9.17, 15) is 0 Å². The molecule has 2 aromatic heterocycles. The van der Waals surface area contributed by atoms with E-state index >= 15 is 0 Å². The maximum Gasteiger partial charge on any atom is 0.0679 e. The normalized spacial score (nSPS) is 11.0. The molecule has 0 aliphatic carbocycles. The average molecular weight is 286 g/mol. The standard InChI is InChI=1S/C17H26N4/c1-4-10-18-13-9-15-16(5-2)20-21(17(15)6-3)14-7-11-19-12-8-14/h7-8,11-12,18H,4-6,9-10,13H2,1-3H3. The first kappa shape index (κ1) is 15.7. The number of pyridine rings is 1. The van der Waals surface area contributed by atoms with Gasteiger partial charge >= 0.3 is 0 Å². The third kappa shape index (κ3) is 3.70. The van der Waals surface area contributed by atoms with Crippen molar-refractivity contribution in [2.45, 2.75) is 46.5 Å². The van der Waals surface area contributed by atoms with E-state index in [0.29, 0.717) is 0 Å². The molecule has 0 amide bonds. The molecule has 0 aliphatic rings. The van der Waals surface area contributed by atoms with Gasteiger partial charge in [0.05, 0.1) is 11.4 Å². The van der Waals surface area contributed by atoms with Crippen LogP contribution in [0.1, 0.15) is 44.1 Å². The number of nitrogens with one attached hydrogen (secondary N) is 1. The van der Waals surface area contributed by atoms with E-state index in [2.05, 4.69) is 35.8 Å². The smallest absolute Gasteiger partial charge is 0.0679 e. The largest absolute Gasteiger partial charge is 0.316 e. The summed E-state index contributed by atoms with van der Waals surface area (Å²) in [5.41, 5.74) is 5.07. The number of aryl methyl sites for hydroxylation is 1. The SMILES string of the molecule is CCCNCCc1c(CC)nn(-c2ccncc2)c1CC. The Morgan fingerprint density at radius 1 is 1.05 bits per heavy atom. The molecule has 0 saturated carbocycles. The van der Waals surface area contributed by atoms with Crippen LogP contribution in [0.5, 0.6) is 0 Å². The molecule has 114 valence electrons. The van der Waals surface area contributed by atoms with E-state index in [-0.39, 0.29) is 0 Å². The molecule has 2 rings (SSSR count). The quantitative estimate of drug-likeness (QED) is 0.759. The van der Waals surface area contributed by atoms with Gasteiger partial charge in [-0.05, 0) is 56.5 Å². The highest BCUT2D eigenvalue weighted by Crippen LogP contribution is 2.20. The van der Waals surface area contributed by atoms with Crippen LogP contribution >= 0.6 is 0 Å². The number of hydrogen-bond acceptors (Lipinski definition) is 3. The molecule has 21 heavy (non-hydrogen) atoms. The Morgan fingerprint density at radius 2 is 1.81 bits per heavy atom. The predicted molar refractivity (Wildman–Crippen MR) is 87.0 cm³/mol. The fourth-order valence-electron chi connectivity index (χ4n) is 2.69. The Balaban J connectivity index is 2.28. The lowest BCUT2D eigenvalue weighted by atomic mass is 10.1. The molecule has 0 saturated heterocycles. The summed E-state index contributed by atoms with van der Waals surface area (Å²) >= 11 is 0. The van der Waals surface area contributed by atoms with E-state index in [1.54, 1.807) is 0 Å². The van der Waals surface area contributed by atoms with Gasteiger partial charge in [0.25, 0.3) is 0 Å². The summed E-state index contributed by atoms with van der Waals surface area (Å²) in [6.45, 7) is 8.69. The van der Waals surface area contributed by atoms with Gasteiger partial charge in [0.2, 0.25) is 0 Å². The van der Waals surface area contributed by atoms with Crippen LogP contribution in [0, 0.1) is 0 Å². The topological polar surface area (TPSA) is 42.7 Å². The zero-order valence-electron chi connectivity index (χ0n) is 13.4. The van der Waals surface area contributed by atoms with Crippen LogP contribution in [0.3, 0.4) is 0 Å². The van der Waals surface area contributed by atoms with E-state index in [4.69, 9.17) is 5.10 Å². The third-order valence-electron chi connectivity index (χ3n) is 3.73. The predicted octanol–water partition coefficient (Wildman–Crippen LogP) is 2.93. The first-order valence-electron chi connectivity index (χ1n) is 8.02. The van der Waals surface area contributed by atoms with Crippen LogP contribution in [0.4, 0.5) is 0 Å². The Kier molecular flexibility index (Phi) is 5.93. The second kappa shape index (κ2) is 7.93.